The Bertz CT molecular complexity index is 560. The van der Waals surface area contributed by atoms with Crippen molar-refractivity contribution in [2.24, 2.45) is 11.8 Å². The van der Waals surface area contributed by atoms with Crippen LogP contribution in [0.3, 0.4) is 0 Å². The normalized spacial score (nSPS) is 35.9. The number of carbonyl (C=O) groups excluding carboxylic acids is 1. The van der Waals surface area contributed by atoms with Crippen LogP contribution in [-0.4, -0.2) is 36.0 Å². The highest BCUT2D eigenvalue weighted by Crippen LogP contribution is 2.35. The van der Waals surface area contributed by atoms with Crippen LogP contribution in [0.4, 0.5) is 0 Å². The molecule has 1 N–H and O–H groups in total. The highest BCUT2D eigenvalue weighted by molar-refractivity contribution is 5.76. The van der Waals surface area contributed by atoms with Crippen molar-refractivity contribution in [3.8, 4) is 0 Å². The van der Waals surface area contributed by atoms with Crippen LogP contribution in [0, 0.1) is 11.8 Å². The van der Waals surface area contributed by atoms with Gasteiger partial charge in [0.05, 0.1) is 0 Å². The molecule has 3 saturated heterocycles. The van der Waals surface area contributed by atoms with Gasteiger partial charge in [0.25, 0.3) is 0 Å². The summed E-state index contributed by atoms with van der Waals surface area (Å²) in [6.07, 6.45) is 6.92. The minimum atomic E-state index is 0.402. The second kappa shape index (κ2) is 6.87. The number of piperidine rings is 2. The molecule has 24 heavy (non-hydrogen) atoms. The molecule has 3 fully saturated rings. The van der Waals surface area contributed by atoms with E-state index in [4.69, 9.17) is 0 Å². The molecule has 3 aliphatic rings. The minimum Gasteiger partial charge on any atom is -0.342 e. The predicted octanol–water partition coefficient (Wildman–Crippen LogP) is 3.56. The lowest BCUT2D eigenvalue weighted by Gasteiger charge is -2.38. The second-order valence-electron chi connectivity index (χ2n) is 8.30. The van der Waals surface area contributed by atoms with Crippen molar-refractivity contribution < 1.29 is 4.79 Å². The van der Waals surface area contributed by atoms with Crippen molar-refractivity contribution in [2.45, 2.75) is 63.5 Å². The molecule has 0 spiro atoms. The maximum absolute atomic E-state index is 12.8. The molecular weight excluding hydrogens is 296 g/mol. The van der Waals surface area contributed by atoms with Gasteiger partial charge in [-0.1, -0.05) is 37.3 Å². The van der Waals surface area contributed by atoms with E-state index in [-0.39, 0.29) is 0 Å². The number of amides is 1. The van der Waals surface area contributed by atoms with Gasteiger partial charge in [0, 0.05) is 31.6 Å². The Morgan fingerprint density at radius 2 is 1.83 bits per heavy atom. The van der Waals surface area contributed by atoms with Gasteiger partial charge < -0.3 is 10.2 Å². The molecule has 2 bridgehead atoms. The molecule has 1 unspecified atom stereocenters. The Balaban J connectivity index is 1.32. The average molecular weight is 326 g/mol. The summed E-state index contributed by atoms with van der Waals surface area (Å²) in [5.41, 5.74) is 1.44. The number of nitrogens with one attached hydrogen (secondary N) is 1. The highest BCUT2D eigenvalue weighted by Gasteiger charge is 2.36. The number of likely N-dealkylation sites (tertiary alicyclic amines) is 1. The van der Waals surface area contributed by atoms with E-state index in [1.165, 1.54) is 31.2 Å². The van der Waals surface area contributed by atoms with Gasteiger partial charge >= 0.3 is 0 Å². The Labute approximate surface area is 145 Å². The topological polar surface area (TPSA) is 32.3 Å². The zero-order valence-corrected chi connectivity index (χ0v) is 14.8. The van der Waals surface area contributed by atoms with E-state index < -0.39 is 0 Å². The summed E-state index contributed by atoms with van der Waals surface area (Å²) in [5.74, 6) is 2.16. The molecule has 3 aliphatic heterocycles. The lowest BCUT2D eigenvalue weighted by Crippen LogP contribution is -2.44. The number of hydrogen-bond donors (Lipinski definition) is 1. The highest BCUT2D eigenvalue weighted by atomic mass is 16.2. The Morgan fingerprint density at radius 1 is 1.12 bits per heavy atom. The molecule has 5 atom stereocenters. The van der Waals surface area contributed by atoms with Crippen LogP contribution in [0.5, 0.6) is 0 Å². The van der Waals surface area contributed by atoms with Crippen LogP contribution in [0.15, 0.2) is 30.3 Å². The van der Waals surface area contributed by atoms with Gasteiger partial charge in [-0.3, -0.25) is 4.79 Å². The Kier molecular flexibility index (Phi) is 4.62. The summed E-state index contributed by atoms with van der Waals surface area (Å²) in [6.45, 7) is 4.17. The molecule has 3 heteroatoms. The molecule has 4 rings (SSSR count). The summed E-state index contributed by atoms with van der Waals surface area (Å²) in [4.78, 5) is 14.9. The van der Waals surface area contributed by atoms with Gasteiger partial charge in [-0.05, 0) is 55.4 Å². The van der Waals surface area contributed by atoms with Crippen LogP contribution in [0.2, 0.25) is 0 Å². The number of nitrogens with zero attached hydrogens (tertiary/aromatic N) is 1. The van der Waals surface area contributed by atoms with Crippen molar-refractivity contribution in [1.29, 1.82) is 0 Å². The van der Waals surface area contributed by atoms with E-state index in [0.29, 0.717) is 35.7 Å². The first-order valence-corrected chi connectivity index (χ1v) is 9.78. The van der Waals surface area contributed by atoms with Crippen molar-refractivity contribution in [1.82, 2.24) is 10.2 Å². The van der Waals surface area contributed by atoms with Crippen molar-refractivity contribution in [3.05, 3.63) is 35.9 Å². The lowest BCUT2D eigenvalue weighted by atomic mass is 9.81. The fourth-order valence-corrected chi connectivity index (χ4v) is 5.29. The van der Waals surface area contributed by atoms with E-state index in [2.05, 4.69) is 47.5 Å². The van der Waals surface area contributed by atoms with Crippen molar-refractivity contribution in [3.63, 3.8) is 0 Å². The zero-order chi connectivity index (χ0) is 16.5. The number of carbonyl (C=O) groups is 1. The zero-order valence-electron chi connectivity index (χ0n) is 14.8. The number of fused-ring (bicyclic) bond motifs is 2. The largest absolute Gasteiger partial charge is 0.342 e. The Hall–Kier alpha value is -1.35. The second-order valence-corrected chi connectivity index (χ2v) is 8.30. The fraction of sp³-hybridized carbons (Fsp3) is 0.667. The monoisotopic (exact) mass is 326 g/mol. The van der Waals surface area contributed by atoms with Gasteiger partial charge in [0.2, 0.25) is 5.91 Å². The first-order valence-electron chi connectivity index (χ1n) is 9.78. The van der Waals surface area contributed by atoms with Crippen LogP contribution in [0.1, 0.15) is 56.9 Å². The van der Waals surface area contributed by atoms with E-state index in [1.54, 1.807) is 0 Å². The number of rotatable bonds is 3. The standard InChI is InChI=1S/C21H30N2O/c1-15-14-23(10-9-20(15)17-5-3-2-4-6-17)21(24)13-16-11-18-7-8-19(12-16)22-18/h2-6,15-16,18-20,22H,7-14H2,1H3/t15-,16?,18-,19+,20-/m0/s1. The molecule has 0 aliphatic carbocycles. The third-order valence-electron chi connectivity index (χ3n) is 6.52. The fourth-order valence-electron chi connectivity index (χ4n) is 5.29. The molecule has 130 valence electrons. The molecule has 1 amide bonds. The van der Waals surface area contributed by atoms with Crippen LogP contribution >= 0.6 is 0 Å². The third-order valence-corrected chi connectivity index (χ3v) is 6.52. The van der Waals surface area contributed by atoms with Gasteiger partial charge in [0.1, 0.15) is 0 Å². The number of hydrogen-bond acceptors (Lipinski definition) is 2. The average Bonchev–Trinajstić information content (AvgIpc) is 2.94. The first-order chi connectivity index (χ1) is 11.7. The minimum absolute atomic E-state index is 0.402. The van der Waals surface area contributed by atoms with Gasteiger partial charge in [-0.2, -0.15) is 0 Å². The molecule has 0 saturated carbocycles. The summed E-state index contributed by atoms with van der Waals surface area (Å²) < 4.78 is 0. The lowest BCUT2D eigenvalue weighted by molar-refractivity contribution is -0.134. The van der Waals surface area contributed by atoms with E-state index in [0.717, 1.165) is 25.9 Å². The van der Waals surface area contributed by atoms with Crippen LogP contribution in [0.25, 0.3) is 0 Å². The molecule has 0 radical (unpaired) electrons. The molecule has 0 aromatic heterocycles. The third kappa shape index (κ3) is 3.37. The maximum Gasteiger partial charge on any atom is 0.222 e. The molecule has 3 heterocycles. The Morgan fingerprint density at radius 3 is 2.50 bits per heavy atom. The van der Waals surface area contributed by atoms with Crippen LogP contribution in [-0.2, 0) is 4.79 Å². The molecule has 3 nitrogen and oxygen atoms in total. The van der Waals surface area contributed by atoms with Crippen molar-refractivity contribution in [2.75, 3.05) is 13.1 Å². The number of benzene rings is 1. The van der Waals surface area contributed by atoms with Gasteiger partial charge in [-0.25, -0.2) is 0 Å². The molecule has 1 aromatic rings. The quantitative estimate of drug-likeness (QED) is 0.921. The summed E-state index contributed by atoms with van der Waals surface area (Å²) >= 11 is 0. The van der Waals surface area contributed by atoms with E-state index in [9.17, 15) is 4.79 Å². The van der Waals surface area contributed by atoms with Gasteiger partial charge in [0.15, 0.2) is 0 Å². The SMILES string of the molecule is C[C@H]1CN(C(=O)CC2C[C@H]3CC[C@@H](C2)N3)CC[C@@H]1c1ccccc1. The van der Waals surface area contributed by atoms with Crippen LogP contribution < -0.4 is 5.32 Å². The van der Waals surface area contributed by atoms with E-state index >= 15 is 0 Å². The summed E-state index contributed by atoms with van der Waals surface area (Å²) in [5, 5.41) is 3.68. The molecule has 1 aromatic carbocycles. The maximum atomic E-state index is 12.8. The van der Waals surface area contributed by atoms with Crippen molar-refractivity contribution >= 4 is 5.91 Å². The smallest absolute Gasteiger partial charge is 0.222 e. The predicted molar refractivity (Wildman–Crippen MR) is 96.8 cm³/mol. The molecular formula is C21H30N2O. The first kappa shape index (κ1) is 16.1. The summed E-state index contributed by atoms with van der Waals surface area (Å²) in [7, 11) is 0. The summed E-state index contributed by atoms with van der Waals surface area (Å²) in [6, 6.07) is 12.2. The van der Waals surface area contributed by atoms with E-state index in [1.807, 2.05) is 0 Å². The van der Waals surface area contributed by atoms with Gasteiger partial charge in [-0.15, -0.1) is 0 Å².